The number of pyridine rings is 1. The minimum absolute atomic E-state index is 0.256. The Morgan fingerprint density at radius 2 is 1.96 bits per heavy atom. The Bertz CT molecular complexity index is 1100. The lowest BCUT2D eigenvalue weighted by Gasteiger charge is -2.16. The predicted octanol–water partition coefficient (Wildman–Crippen LogP) is 5.77. The average Bonchev–Trinajstić information content (AvgIpc) is 3.26. The Morgan fingerprint density at radius 1 is 1.19 bits per heavy atom. The smallest absolute Gasteiger partial charge is 0.191 e. The minimum atomic E-state index is -0.256. The fourth-order valence-corrected chi connectivity index (χ4v) is 3.90. The summed E-state index contributed by atoms with van der Waals surface area (Å²) in [7, 11) is 1.95. The number of benzene rings is 1. The Morgan fingerprint density at radius 3 is 2.69 bits per heavy atom. The summed E-state index contributed by atoms with van der Waals surface area (Å²) in [6.07, 6.45) is 3.71. The largest absolute Gasteiger partial charge is 0.305 e. The minimum Gasteiger partial charge on any atom is -0.305 e. The van der Waals surface area contributed by atoms with Gasteiger partial charge in [0.2, 0.25) is 0 Å². The van der Waals surface area contributed by atoms with Gasteiger partial charge < -0.3 is 4.90 Å². The summed E-state index contributed by atoms with van der Waals surface area (Å²) >= 11 is 5.03. The number of aromatic nitrogens is 3. The molecular weight excluding hydrogens is 415 g/mol. The monoisotopic (exact) mass is 428 g/mol. The zero-order valence-electron chi connectivity index (χ0n) is 13.9. The third-order valence-electron chi connectivity index (χ3n) is 4.01. The van der Waals surface area contributed by atoms with Crippen LogP contribution in [0.25, 0.3) is 23.0 Å². The number of rotatable bonds is 4. The molecule has 0 atom stereocenters. The molecule has 0 fully saturated rings. The van der Waals surface area contributed by atoms with Gasteiger partial charge in [0.25, 0.3) is 0 Å². The highest BCUT2D eigenvalue weighted by Gasteiger charge is 2.18. The lowest BCUT2D eigenvalue weighted by atomic mass is 10.2. The van der Waals surface area contributed by atoms with Crippen molar-refractivity contribution in [2.75, 3.05) is 11.9 Å². The van der Waals surface area contributed by atoms with Crippen molar-refractivity contribution in [1.82, 2.24) is 14.4 Å². The zero-order valence-corrected chi connectivity index (χ0v) is 16.3. The maximum atomic E-state index is 13.1. The van der Waals surface area contributed by atoms with Crippen LogP contribution in [-0.4, -0.2) is 21.4 Å². The molecule has 0 bridgehead atoms. The summed E-state index contributed by atoms with van der Waals surface area (Å²) in [4.78, 5) is 11.3. The van der Waals surface area contributed by atoms with E-state index < -0.39 is 0 Å². The predicted molar refractivity (Wildman–Crippen MR) is 109 cm³/mol. The quantitative estimate of drug-likeness (QED) is 0.413. The highest BCUT2D eigenvalue weighted by molar-refractivity contribution is 9.10. The molecule has 0 aliphatic heterocycles. The summed E-state index contributed by atoms with van der Waals surface area (Å²) in [5.41, 5.74) is 3.31. The van der Waals surface area contributed by atoms with E-state index in [-0.39, 0.29) is 5.82 Å². The van der Waals surface area contributed by atoms with E-state index >= 15 is 0 Å². The van der Waals surface area contributed by atoms with Crippen molar-refractivity contribution in [3.8, 4) is 11.3 Å². The lowest BCUT2D eigenvalue weighted by Crippen LogP contribution is -2.12. The van der Waals surface area contributed by atoms with Crippen LogP contribution in [0.2, 0.25) is 0 Å². The maximum absolute atomic E-state index is 13.1. The molecule has 26 heavy (non-hydrogen) atoms. The van der Waals surface area contributed by atoms with Crippen LogP contribution in [0.4, 0.5) is 15.3 Å². The van der Waals surface area contributed by atoms with Gasteiger partial charge in [0.05, 0.1) is 5.69 Å². The SMILES string of the molecule is C=Cc1nc2ccc(Br)cn2c1N(C)c1nc(-c2ccc(F)cc2)cs1. The standard InChI is InChI=1S/C19H14BrFN4S/c1-3-15-18(25-10-13(20)6-9-17(25)22-15)24(2)19-23-16(11-26-19)12-4-7-14(21)8-5-12/h3-11H,1H2,2H3. The molecule has 3 aromatic heterocycles. The number of halogens is 2. The Hall–Kier alpha value is -2.51. The van der Waals surface area contributed by atoms with E-state index in [1.54, 1.807) is 18.2 Å². The normalized spacial score (nSPS) is 11.0. The summed E-state index contributed by atoms with van der Waals surface area (Å²) in [6.45, 7) is 3.88. The molecule has 0 saturated heterocycles. The van der Waals surface area contributed by atoms with Crippen LogP contribution in [0.5, 0.6) is 0 Å². The number of imidazole rings is 1. The van der Waals surface area contributed by atoms with E-state index in [4.69, 9.17) is 4.98 Å². The zero-order chi connectivity index (χ0) is 18.3. The van der Waals surface area contributed by atoms with Crippen molar-refractivity contribution in [3.63, 3.8) is 0 Å². The fourth-order valence-electron chi connectivity index (χ4n) is 2.76. The van der Waals surface area contributed by atoms with Crippen LogP contribution in [0, 0.1) is 5.82 Å². The first-order valence-electron chi connectivity index (χ1n) is 7.82. The first-order chi connectivity index (χ1) is 12.6. The second-order valence-corrected chi connectivity index (χ2v) is 7.43. The molecule has 4 nitrogen and oxygen atoms in total. The van der Waals surface area contributed by atoms with Crippen LogP contribution in [-0.2, 0) is 0 Å². The highest BCUT2D eigenvalue weighted by Crippen LogP contribution is 2.34. The summed E-state index contributed by atoms with van der Waals surface area (Å²) in [5.74, 6) is 0.629. The molecule has 0 radical (unpaired) electrons. The Labute approximate surface area is 162 Å². The molecule has 0 aliphatic carbocycles. The number of thiazole rings is 1. The van der Waals surface area contributed by atoms with Crippen LogP contribution in [0.1, 0.15) is 5.69 Å². The second-order valence-electron chi connectivity index (χ2n) is 5.68. The fraction of sp³-hybridized carbons (Fsp3) is 0.0526. The van der Waals surface area contributed by atoms with Gasteiger partial charge in [-0.25, -0.2) is 14.4 Å². The molecule has 1 aromatic carbocycles. The van der Waals surface area contributed by atoms with Crippen molar-refractivity contribution in [3.05, 3.63) is 70.5 Å². The van der Waals surface area contributed by atoms with E-state index in [0.717, 1.165) is 38.0 Å². The molecule has 0 amide bonds. The molecule has 3 heterocycles. The van der Waals surface area contributed by atoms with Crippen molar-refractivity contribution in [2.45, 2.75) is 0 Å². The van der Waals surface area contributed by atoms with E-state index in [0.29, 0.717) is 0 Å². The first kappa shape index (κ1) is 16.9. The maximum Gasteiger partial charge on any atom is 0.191 e. The van der Waals surface area contributed by atoms with Crippen LogP contribution in [0.15, 0.2) is 59.0 Å². The number of nitrogens with zero attached hydrogens (tertiary/aromatic N) is 4. The van der Waals surface area contributed by atoms with Crippen molar-refractivity contribution < 1.29 is 4.39 Å². The summed E-state index contributed by atoms with van der Waals surface area (Å²) in [5, 5.41) is 2.78. The number of hydrogen-bond donors (Lipinski definition) is 0. The van der Waals surface area contributed by atoms with Crippen molar-refractivity contribution in [1.29, 1.82) is 0 Å². The lowest BCUT2D eigenvalue weighted by molar-refractivity contribution is 0.628. The molecular formula is C19H14BrFN4S. The van der Waals surface area contributed by atoms with E-state index in [1.165, 1.54) is 23.5 Å². The van der Waals surface area contributed by atoms with Crippen molar-refractivity contribution in [2.24, 2.45) is 0 Å². The first-order valence-corrected chi connectivity index (χ1v) is 9.49. The van der Waals surface area contributed by atoms with Gasteiger partial charge in [-0.3, -0.25) is 4.40 Å². The number of anilines is 2. The van der Waals surface area contributed by atoms with Gasteiger partial charge in [-0.05, 0) is 58.4 Å². The molecule has 7 heteroatoms. The van der Waals surface area contributed by atoms with Crippen molar-refractivity contribution >= 4 is 49.9 Å². The third-order valence-corrected chi connectivity index (χ3v) is 5.40. The Kier molecular flexibility index (Phi) is 4.34. The van der Waals surface area contributed by atoms with Crippen LogP contribution in [0.3, 0.4) is 0 Å². The van der Waals surface area contributed by atoms with Gasteiger partial charge in [0.1, 0.15) is 23.0 Å². The molecule has 0 saturated carbocycles. The molecule has 0 N–H and O–H groups in total. The van der Waals surface area contributed by atoms with Gasteiger partial charge in [0.15, 0.2) is 5.13 Å². The van der Waals surface area contributed by atoms with Gasteiger partial charge >= 0.3 is 0 Å². The average molecular weight is 429 g/mol. The van der Waals surface area contributed by atoms with Gasteiger partial charge in [-0.15, -0.1) is 11.3 Å². The van der Waals surface area contributed by atoms with E-state index in [1.807, 2.05) is 40.1 Å². The molecule has 0 spiro atoms. The summed E-state index contributed by atoms with van der Waals surface area (Å²) < 4.78 is 16.1. The Balaban J connectivity index is 1.78. The third kappa shape index (κ3) is 2.93. The molecule has 4 rings (SSSR count). The molecule has 4 aromatic rings. The molecule has 0 aliphatic rings. The van der Waals surface area contributed by atoms with Gasteiger partial charge in [-0.1, -0.05) is 6.58 Å². The van der Waals surface area contributed by atoms with E-state index in [2.05, 4.69) is 27.5 Å². The van der Waals surface area contributed by atoms with Crippen LogP contribution >= 0.6 is 27.3 Å². The second kappa shape index (κ2) is 6.66. The number of hydrogen-bond acceptors (Lipinski definition) is 4. The van der Waals surface area contributed by atoms with Gasteiger partial charge in [-0.2, -0.15) is 0 Å². The van der Waals surface area contributed by atoms with E-state index in [9.17, 15) is 4.39 Å². The number of fused-ring (bicyclic) bond motifs is 1. The molecule has 0 unspecified atom stereocenters. The highest BCUT2D eigenvalue weighted by atomic mass is 79.9. The topological polar surface area (TPSA) is 33.4 Å². The van der Waals surface area contributed by atoms with Crippen LogP contribution < -0.4 is 4.90 Å². The molecule has 130 valence electrons. The van der Waals surface area contributed by atoms with Gasteiger partial charge in [0, 0.05) is 28.7 Å². The summed E-state index contributed by atoms with van der Waals surface area (Å²) in [6, 6.07) is 10.2.